The highest BCUT2D eigenvalue weighted by molar-refractivity contribution is 8.00. The van der Waals surface area contributed by atoms with E-state index in [9.17, 15) is 0 Å². The van der Waals surface area contributed by atoms with Gasteiger partial charge in [-0.1, -0.05) is 23.9 Å². The number of thiazole rings is 1. The number of thioether (sulfide) groups is 1. The molecule has 0 bridgehead atoms. The van der Waals surface area contributed by atoms with Crippen LogP contribution in [0.3, 0.4) is 0 Å². The molecule has 86 valence electrons. The molecule has 0 aliphatic rings. The van der Waals surface area contributed by atoms with Crippen LogP contribution in [0.2, 0.25) is 0 Å². The molecule has 0 fully saturated rings. The minimum Gasteiger partial charge on any atom is -0.440 e. The van der Waals surface area contributed by atoms with E-state index in [1.54, 1.807) is 23.1 Å². The van der Waals surface area contributed by atoms with Crippen LogP contribution in [-0.4, -0.2) is 9.97 Å². The number of hydrogen-bond acceptors (Lipinski definition) is 5. The minimum absolute atomic E-state index is 0.724. The van der Waals surface area contributed by atoms with Gasteiger partial charge in [-0.15, -0.1) is 11.3 Å². The van der Waals surface area contributed by atoms with E-state index in [0.717, 1.165) is 32.8 Å². The van der Waals surface area contributed by atoms with Gasteiger partial charge in [-0.3, -0.25) is 0 Å². The van der Waals surface area contributed by atoms with Gasteiger partial charge >= 0.3 is 0 Å². The van der Waals surface area contributed by atoms with Gasteiger partial charge in [0.05, 0.1) is 5.75 Å². The second-order valence-corrected chi connectivity index (χ2v) is 5.70. The van der Waals surface area contributed by atoms with Gasteiger partial charge in [-0.2, -0.15) is 0 Å². The Kier molecular flexibility index (Phi) is 2.86. The number of aryl methyl sites for hydroxylation is 1. The molecule has 0 N–H and O–H groups in total. The first kappa shape index (κ1) is 10.8. The van der Waals surface area contributed by atoms with Crippen LogP contribution >= 0.6 is 23.1 Å². The van der Waals surface area contributed by atoms with Crippen molar-refractivity contribution in [1.82, 2.24) is 9.97 Å². The molecule has 5 heteroatoms. The summed E-state index contributed by atoms with van der Waals surface area (Å²) in [5, 5.41) is 2.05. The summed E-state index contributed by atoms with van der Waals surface area (Å²) in [4.78, 5) is 8.82. The molecule has 0 saturated carbocycles. The SMILES string of the molecule is Cc1csc(SCc2nc3ccccc3o2)n1. The molecule has 0 spiro atoms. The first-order valence-corrected chi connectivity index (χ1v) is 7.07. The highest BCUT2D eigenvalue weighted by Crippen LogP contribution is 2.27. The van der Waals surface area contributed by atoms with E-state index in [0.29, 0.717) is 0 Å². The number of nitrogens with zero attached hydrogens (tertiary/aromatic N) is 2. The lowest BCUT2D eigenvalue weighted by atomic mass is 10.3. The molecule has 0 atom stereocenters. The summed E-state index contributed by atoms with van der Waals surface area (Å²) in [6.45, 7) is 2.00. The van der Waals surface area contributed by atoms with Crippen molar-refractivity contribution < 1.29 is 4.42 Å². The Balaban J connectivity index is 1.76. The Hall–Kier alpha value is -1.33. The smallest absolute Gasteiger partial charge is 0.205 e. The van der Waals surface area contributed by atoms with Gasteiger partial charge in [0.2, 0.25) is 5.89 Å². The van der Waals surface area contributed by atoms with E-state index < -0.39 is 0 Å². The van der Waals surface area contributed by atoms with Crippen molar-refractivity contribution in [2.45, 2.75) is 17.0 Å². The fourth-order valence-corrected chi connectivity index (χ4v) is 3.20. The summed E-state index contributed by atoms with van der Waals surface area (Å²) >= 11 is 3.32. The lowest BCUT2D eigenvalue weighted by molar-refractivity contribution is 0.556. The fraction of sp³-hybridized carbons (Fsp3) is 0.167. The molecule has 1 aromatic carbocycles. The van der Waals surface area contributed by atoms with Crippen molar-refractivity contribution >= 4 is 34.2 Å². The predicted octanol–water partition coefficient (Wildman–Crippen LogP) is 3.89. The summed E-state index contributed by atoms with van der Waals surface area (Å²) in [6, 6.07) is 7.81. The van der Waals surface area contributed by atoms with Gasteiger partial charge in [0.1, 0.15) is 5.52 Å². The summed E-state index contributed by atoms with van der Waals surface area (Å²) in [7, 11) is 0. The molecule has 3 rings (SSSR count). The lowest BCUT2D eigenvalue weighted by Gasteiger charge is -1.91. The van der Waals surface area contributed by atoms with Crippen molar-refractivity contribution in [1.29, 1.82) is 0 Å². The van der Waals surface area contributed by atoms with Gasteiger partial charge in [-0.25, -0.2) is 9.97 Å². The van der Waals surface area contributed by atoms with Crippen molar-refractivity contribution in [3.8, 4) is 0 Å². The molecule has 0 saturated heterocycles. The molecule has 3 nitrogen and oxygen atoms in total. The number of para-hydroxylation sites is 2. The largest absolute Gasteiger partial charge is 0.440 e. The molecule has 0 unspecified atom stereocenters. The Morgan fingerprint density at radius 1 is 1.29 bits per heavy atom. The molecule has 0 aliphatic heterocycles. The normalized spacial score (nSPS) is 11.1. The van der Waals surface area contributed by atoms with E-state index in [2.05, 4.69) is 9.97 Å². The molecule has 3 aromatic rings. The van der Waals surface area contributed by atoms with Crippen LogP contribution in [0, 0.1) is 6.92 Å². The number of rotatable bonds is 3. The lowest BCUT2D eigenvalue weighted by Crippen LogP contribution is -1.79. The first-order chi connectivity index (χ1) is 8.31. The van der Waals surface area contributed by atoms with Crippen molar-refractivity contribution in [3.05, 3.63) is 41.2 Å². The van der Waals surface area contributed by atoms with Crippen LogP contribution in [0.5, 0.6) is 0 Å². The highest BCUT2D eigenvalue weighted by atomic mass is 32.2. The Bertz CT molecular complexity index is 612. The number of benzene rings is 1. The van der Waals surface area contributed by atoms with Crippen LogP contribution in [0.4, 0.5) is 0 Å². The Morgan fingerprint density at radius 2 is 2.18 bits per heavy atom. The fourth-order valence-electron chi connectivity index (χ4n) is 1.50. The van der Waals surface area contributed by atoms with Crippen molar-refractivity contribution in [2.24, 2.45) is 0 Å². The maximum absolute atomic E-state index is 5.64. The summed E-state index contributed by atoms with van der Waals surface area (Å²) in [5.74, 6) is 1.48. The van der Waals surface area contributed by atoms with Crippen LogP contribution in [0.25, 0.3) is 11.1 Å². The molecular formula is C12H10N2OS2. The Labute approximate surface area is 107 Å². The van der Waals surface area contributed by atoms with Crippen LogP contribution < -0.4 is 0 Å². The zero-order valence-electron chi connectivity index (χ0n) is 9.21. The average Bonchev–Trinajstić information content (AvgIpc) is 2.91. The summed E-state index contributed by atoms with van der Waals surface area (Å²) < 4.78 is 6.70. The van der Waals surface area contributed by atoms with Gasteiger partial charge in [0, 0.05) is 11.1 Å². The van der Waals surface area contributed by atoms with Gasteiger partial charge in [0.25, 0.3) is 0 Å². The summed E-state index contributed by atoms with van der Waals surface area (Å²) in [5.41, 5.74) is 2.83. The first-order valence-electron chi connectivity index (χ1n) is 5.20. The van der Waals surface area contributed by atoms with Crippen molar-refractivity contribution in [3.63, 3.8) is 0 Å². The third-order valence-electron chi connectivity index (χ3n) is 2.26. The zero-order chi connectivity index (χ0) is 11.7. The second-order valence-electron chi connectivity index (χ2n) is 3.62. The molecular weight excluding hydrogens is 252 g/mol. The molecule has 0 radical (unpaired) electrons. The van der Waals surface area contributed by atoms with Crippen molar-refractivity contribution in [2.75, 3.05) is 0 Å². The minimum atomic E-state index is 0.724. The van der Waals surface area contributed by atoms with Crippen LogP contribution in [-0.2, 0) is 5.75 Å². The van der Waals surface area contributed by atoms with Gasteiger partial charge < -0.3 is 4.42 Å². The zero-order valence-corrected chi connectivity index (χ0v) is 10.8. The average molecular weight is 262 g/mol. The topological polar surface area (TPSA) is 38.9 Å². The van der Waals surface area contributed by atoms with E-state index in [1.165, 1.54) is 0 Å². The third kappa shape index (κ3) is 2.35. The van der Waals surface area contributed by atoms with Gasteiger partial charge in [-0.05, 0) is 19.1 Å². The third-order valence-corrected chi connectivity index (χ3v) is 4.38. The van der Waals surface area contributed by atoms with Crippen LogP contribution in [0.1, 0.15) is 11.6 Å². The monoisotopic (exact) mass is 262 g/mol. The van der Waals surface area contributed by atoms with E-state index in [1.807, 2.05) is 36.6 Å². The molecule has 0 amide bonds. The van der Waals surface area contributed by atoms with E-state index in [4.69, 9.17) is 4.42 Å². The Morgan fingerprint density at radius 3 is 2.94 bits per heavy atom. The van der Waals surface area contributed by atoms with Crippen LogP contribution in [0.15, 0.2) is 38.4 Å². The van der Waals surface area contributed by atoms with E-state index >= 15 is 0 Å². The number of aromatic nitrogens is 2. The van der Waals surface area contributed by atoms with Gasteiger partial charge in [0.15, 0.2) is 9.92 Å². The molecule has 17 heavy (non-hydrogen) atoms. The molecule has 2 heterocycles. The maximum Gasteiger partial charge on any atom is 0.205 e. The highest BCUT2D eigenvalue weighted by Gasteiger charge is 2.07. The summed E-state index contributed by atoms with van der Waals surface area (Å²) in [6.07, 6.45) is 0. The number of hydrogen-bond donors (Lipinski definition) is 0. The molecule has 2 aromatic heterocycles. The predicted molar refractivity (Wildman–Crippen MR) is 70.4 cm³/mol. The number of fused-ring (bicyclic) bond motifs is 1. The quantitative estimate of drug-likeness (QED) is 0.671. The standard InChI is InChI=1S/C12H10N2OS2/c1-8-6-16-12(13-8)17-7-11-14-9-4-2-3-5-10(9)15-11/h2-6H,7H2,1H3. The van der Waals surface area contributed by atoms with E-state index in [-0.39, 0.29) is 0 Å². The maximum atomic E-state index is 5.64. The molecule has 0 aliphatic carbocycles. The second kappa shape index (κ2) is 4.50. The number of oxazole rings is 1.